The molecular weight excluding hydrogens is 940 g/mol. The second-order valence-corrected chi connectivity index (χ2v) is 30.5. The van der Waals surface area contributed by atoms with Crippen LogP contribution >= 0.6 is 77.2 Å². The summed E-state index contributed by atoms with van der Waals surface area (Å²) in [5, 5.41) is 0. The van der Waals surface area contributed by atoms with Gasteiger partial charge in [-0.1, -0.05) is 18.0 Å². The number of hydrogen-bond donors (Lipinski definition) is 0. The molecule has 0 N–H and O–H groups in total. The van der Waals surface area contributed by atoms with Crippen molar-refractivity contribution in [2.45, 2.75) is 26.7 Å². The van der Waals surface area contributed by atoms with Gasteiger partial charge in [0.05, 0.1) is 0 Å². The fraction of sp³-hybridized carbons (Fsp3) is 0.714. The van der Waals surface area contributed by atoms with E-state index in [1.165, 1.54) is 0 Å². The topological polar surface area (TPSA) is 74.3 Å². The van der Waals surface area contributed by atoms with Crippen LogP contribution in [-0.2, 0) is 48.7 Å². The molecule has 1 radical (unpaired) electrons. The molecule has 0 spiro atoms. The van der Waals surface area contributed by atoms with Crippen molar-refractivity contribution in [2.24, 2.45) is 0 Å². The molecule has 0 saturated heterocycles. The van der Waals surface area contributed by atoms with E-state index in [1.54, 1.807) is 0 Å². The van der Waals surface area contributed by atoms with Crippen molar-refractivity contribution >= 4 is 101 Å². The Bertz CT molecular complexity index is 176. The van der Waals surface area contributed by atoms with Crippen LogP contribution in [-0.4, -0.2) is 27.6 Å². The first-order valence-corrected chi connectivity index (χ1v) is 26.9. The number of hydrogen-bond acceptors (Lipinski definition) is 4. The van der Waals surface area contributed by atoms with Crippen LogP contribution < -0.4 is 42.8 Å². The van der Waals surface area contributed by atoms with Gasteiger partial charge in [0.25, 0.3) is 0 Å². The Hall–Kier alpha value is 5.27. The zero-order chi connectivity index (χ0) is 16.5. The number of unbranched alkanes of at least 4 members (excludes halogenated alkanes) is 1. The van der Waals surface area contributed by atoms with Gasteiger partial charge in [-0.15, -0.1) is 0 Å². The molecule has 0 rings (SSSR count). The van der Waals surface area contributed by atoms with Crippen LogP contribution in [0.15, 0.2) is 0 Å². The fourth-order valence-corrected chi connectivity index (χ4v) is 0.118. The number of carbonyl (C=O) groups is 2. The standard InChI is InChI=1S/C4H8O.C2H4O.CH4O2S.I3.2HI.Na.2V/c1-2-3-4-5;1-2-3;1-4(2)3;1-3-2;;;;;/h4H,2-3H2,1H3;2H,1H3;1H3,(H,2,3);;2*1H;;;/q;;;-1;;;+1;;+2/p-3/i;1T;;;;;;;. The molecule has 0 aliphatic carbocycles. The zero-order valence-corrected chi connectivity index (χ0v) is 27.5. The maximum atomic E-state index is 9.40. The maximum absolute atomic E-state index is 9.40. The molecule has 1 atom stereocenters. The molecule has 0 heterocycles. The van der Waals surface area contributed by atoms with E-state index >= 15 is 0 Å². The monoisotopic (exact) mass is 956 g/mol. The van der Waals surface area contributed by atoms with E-state index in [0.29, 0.717) is 35.4 Å². The summed E-state index contributed by atoms with van der Waals surface area (Å²) in [6.45, 7) is 1.87. The predicted octanol–water partition coefficient (Wildman–Crippen LogP) is -1.77. The second kappa shape index (κ2) is 64.5. The van der Waals surface area contributed by atoms with Crippen molar-refractivity contribution in [2.75, 3.05) is 6.26 Å². The van der Waals surface area contributed by atoms with Crippen LogP contribution in [0.25, 0.3) is 0 Å². The third kappa shape index (κ3) is 218. The molecule has 0 aromatic heterocycles. The quantitative estimate of drug-likeness (QED) is 0.143. The van der Waals surface area contributed by atoms with Gasteiger partial charge >= 0.3 is 129 Å². The molecule has 0 aliphatic heterocycles. The predicted molar refractivity (Wildman–Crippen MR) is 104 cm³/mol. The van der Waals surface area contributed by atoms with Crippen LogP contribution in [0.5, 0.6) is 0 Å². The SMILES string of the molecule is CCCC=O.CS(=O)[O-].I[I-]I.[3H]CC=O.[I][V][I].[Na+].[V]. The van der Waals surface area contributed by atoms with Crippen LogP contribution in [0.2, 0.25) is 0 Å². The van der Waals surface area contributed by atoms with Crippen molar-refractivity contribution in [3.63, 3.8) is 0 Å². The largest absolute Gasteiger partial charge is 1.00 e. The smallest absolute Gasteiger partial charge is 0 e. The van der Waals surface area contributed by atoms with E-state index in [9.17, 15) is 4.79 Å². The minimum Gasteiger partial charge on any atom is 0 e. The van der Waals surface area contributed by atoms with Gasteiger partial charge in [-0.05, 0) is 19.6 Å². The first kappa shape index (κ1) is 40.1. The molecular formula is C7H15I5NaO4SV2-. The van der Waals surface area contributed by atoms with Crippen molar-refractivity contribution in [3.05, 3.63) is 0 Å². The fourth-order valence-electron chi connectivity index (χ4n) is 0.118. The van der Waals surface area contributed by atoms with E-state index < -0.39 is 11.1 Å². The van der Waals surface area contributed by atoms with Gasteiger partial charge in [-0.3, -0.25) is 4.21 Å². The molecule has 0 fully saturated rings. The zero-order valence-electron chi connectivity index (χ0n) is 12.1. The Morgan fingerprint density at radius 2 is 1.60 bits per heavy atom. The van der Waals surface area contributed by atoms with E-state index in [0.717, 1.165) is 19.0 Å². The molecule has 0 aromatic carbocycles. The summed E-state index contributed by atoms with van der Waals surface area (Å²) in [6, 6.07) is 0. The summed E-state index contributed by atoms with van der Waals surface area (Å²) in [7, 11) is 0.628. The van der Waals surface area contributed by atoms with E-state index in [4.69, 9.17) is 14.9 Å². The third-order valence-electron chi connectivity index (χ3n) is 0.407. The molecule has 13 heteroatoms. The van der Waals surface area contributed by atoms with E-state index in [-0.39, 0.29) is 55.0 Å². The molecule has 20 heavy (non-hydrogen) atoms. The average molecular weight is 957 g/mol. The number of aldehydes is 2. The van der Waals surface area contributed by atoms with Gasteiger partial charge in [0.15, 0.2) is 0 Å². The van der Waals surface area contributed by atoms with Crippen molar-refractivity contribution in [1.82, 2.24) is 0 Å². The van der Waals surface area contributed by atoms with E-state index in [2.05, 4.69) is 77.2 Å². The van der Waals surface area contributed by atoms with Crippen LogP contribution in [0.1, 0.15) is 28.0 Å². The minimum absolute atomic E-state index is 0. The van der Waals surface area contributed by atoms with Gasteiger partial charge in [-0.2, -0.15) is 0 Å². The molecule has 1 unspecified atom stereocenters. The van der Waals surface area contributed by atoms with Crippen molar-refractivity contribution < 1.29 is 90.6 Å². The van der Waals surface area contributed by atoms with Crippen molar-refractivity contribution in [3.8, 4) is 0 Å². The normalized spacial score (nSPS) is 8.05. The van der Waals surface area contributed by atoms with Gasteiger partial charge < -0.3 is 14.1 Å². The number of halogens is 5. The number of carbonyl (C=O) groups excluding carboxylic acids is 2. The van der Waals surface area contributed by atoms with Crippen LogP contribution in [0.3, 0.4) is 0 Å². The van der Waals surface area contributed by atoms with E-state index in [1.807, 2.05) is 6.92 Å². The molecule has 0 aliphatic rings. The summed E-state index contributed by atoms with van der Waals surface area (Å²) in [4.78, 5) is 18.4. The molecule has 0 aromatic rings. The second-order valence-electron chi connectivity index (χ2n) is 1.64. The molecule has 120 valence electrons. The third-order valence-corrected chi connectivity index (χ3v) is 0.407. The number of rotatable bonds is 2. The minimum atomic E-state index is -1.86. The Kier molecular flexibility index (Phi) is 129. The Morgan fingerprint density at radius 1 is 1.40 bits per heavy atom. The summed E-state index contributed by atoms with van der Waals surface area (Å²) in [5.41, 5.74) is 0. The maximum Gasteiger partial charge on any atom is 1.00 e. The van der Waals surface area contributed by atoms with Crippen LogP contribution in [0, 0.1) is 0 Å². The summed E-state index contributed by atoms with van der Waals surface area (Å²) in [6.07, 6.45) is 4.24. The van der Waals surface area contributed by atoms with Gasteiger partial charge in [0, 0.05) is 26.3 Å². The van der Waals surface area contributed by atoms with Gasteiger partial charge in [-0.25, -0.2) is 0 Å². The first-order chi connectivity index (χ1) is 8.89. The summed E-state index contributed by atoms with van der Waals surface area (Å²) >= 11 is 8.18. The molecule has 0 saturated carbocycles. The average Bonchev–Trinajstić information content (AvgIpc) is 2.32. The molecule has 0 bridgehead atoms. The Balaban J connectivity index is -0.0000000231. The molecule has 4 nitrogen and oxygen atoms in total. The van der Waals surface area contributed by atoms with Gasteiger partial charge in [0.2, 0.25) is 0 Å². The summed E-state index contributed by atoms with van der Waals surface area (Å²) < 4.78 is 24.1. The van der Waals surface area contributed by atoms with Gasteiger partial charge in [0.1, 0.15) is 12.6 Å². The summed E-state index contributed by atoms with van der Waals surface area (Å²) in [5.74, 6) is 0. The van der Waals surface area contributed by atoms with Crippen molar-refractivity contribution in [1.29, 1.82) is 0 Å². The molecule has 0 amide bonds. The Morgan fingerprint density at radius 3 is 1.60 bits per heavy atom. The van der Waals surface area contributed by atoms with Crippen LogP contribution in [0.4, 0.5) is 0 Å². The first-order valence-electron chi connectivity index (χ1n) is 4.57. The Labute approximate surface area is 219 Å².